The largest absolute Gasteiger partial charge is 0.357 e. The molecule has 0 spiro atoms. The van der Waals surface area contributed by atoms with Gasteiger partial charge in [-0.1, -0.05) is 23.7 Å². The Hall–Kier alpha value is -1.54. The molecule has 0 amide bonds. The fraction of sp³-hybridized carbons (Fsp3) is 0.0833. The SMILES string of the molecule is Cn1ccc(C(=O)c2cccc(Cl)c2)c1. The zero-order valence-electron chi connectivity index (χ0n) is 8.27. The smallest absolute Gasteiger partial charge is 0.194 e. The second kappa shape index (κ2) is 3.91. The van der Waals surface area contributed by atoms with Gasteiger partial charge in [-0.15, -0.1) is 0 Å². The van der Waals surface area contributed by atoms with Crippen molar-refractivity contribution in [1.82, 2.24) is 4.57 Å². The monoisotopic (exact) mass is 219 g/mol. The Balaban J connectivity index is 2.36. The lowest BCUT2D eigenvalue weighted by Crippen LogP contribution is -1.99. The highest BCUT2D eigenvalue weighted by Gasteiger charge is 2.09. The van der Waals surface area contributed by atoms with Crippen LogP contribution < -0.4 is 0 Å². The molecule has 0 atom stereocenters. The van der Waals surface area contributed by atoms with Gasteiger partial charge in [0.1, 0.15) is 0 Å². The van der Waals surface area contributed by atoms with E-state index in [1.54, 1.807) is 36.5 Å². The first kappa shape index (κ1) is 9.99. The van der Waals surface area contributed by atoms with E-state index in [1.165, 1.54) is 0 Å². The Kier molecular flexibility index (Phi) is 2.60. The van der Waals surface area contributed by atoms with Crippen LogP contribution >= 0.6 is 11.6 Å². The van der Waals surface area contributed by atoms with E-state index < -0.39 is 0 Å². The molecular formula is C12H10ClNO. The van der Waals surface area contributed by atoms with Crippen LogP contribution in [0.2, 0.25) is 5.02 Å². The molecule has 0 aliphatic rings. The average molecular weight is 220 g/mol. The van der Waals surface area contributed by atoms with Gasteiger partial charge < -0.3 is 4.57 Å². The van der Waals surface area contributed by atoms with Gasteiger partial charge >= 0.3 is 0 Å². The highest BCUT2D eigenvalue weighted by molar-refractivity contribution is 6.31. The molecule has 0 unspecified atom stereocenters. The van der Waals surface area contributed by atoms with Gasteiger partial charge in [0, 0.05) is 35.6 Å². The van der Waals surface area contributed by atoms with Gasteiger partial charge in [0.15, 0.2) is 5.78 Å². The van der Waals surface area contributed by atoms with E-state index in [-0.39, 0.29) is 5.78 Å². The fourth-order valence-corrected chi connectivity index (χ4v) is 1.62. The summed E-state index contributed by atoms with van der Waals surface area (Å²) in [6.07, 6.45) is 3.64. The summed E-state index contributed by atoms with van der Waals surface area (Å²) in [6.45, 7) is 0. The lowest BCUT2D eigenvalue weighted by Gasteiger charge is -1.98. The molecule has 15 heavy (non-hydrogen) atoms. The van der Waals surface area contributed by atoms with E-state index in [2.05, 4.69) is 0 Å². The fourth-order valence-electron chi connectivity index (χ4n) is 1.43. The van der Waals surface area contributed by atoms with Crippen LogP contribution in [0.15, 0.2) is 42.7 Å². The number of ketones is 1. The summed E-state index contributed by atoms with van der Waals surface area (Å²) in [6, 6.07) is 8.77. The standard InChI is InChI=1S/C12H10ClNO/c1-14-6-5-10(8-14)12(15)9-3-2-4-11(13)7-9/h2-8H,1H3. The average Bonchev–Trinajstić information content (AvgIpc) is 2.64. The van der Waals surface area contributed by atoms with E-state index in [1.807, 2.05) is 17.8 Å². The predicted octanol–water partition coefficient (Wildman–Crippen LogP) is 2.91. The first-order valence-corrected chi connectivity index (χ1v) is 4.97. The van der Waals surface area contributed by atoms with Gasteiger partial charge in [0.05, 0.1) is 0 Å². The van der Waals surface area contributed by atoms with Crippen LogP contribution in [0, 0.1) is 0 Å². The highest BCUT2D eigenvalue weighted by Crippen LogP contribution is 2.14. The first-order chi connectivity index (χ1) is 7.16. The van der Waals surface area contributed by atoms with Gasteiger partial charge in [-0.2, -0.15) is 0 Å². The molecule has 1 heterocycles. The van der Waals surface area contributed by atoms with Crippen LogP contribution in [0.25, 0.3) is 0 Å². The Labute approximate surface area is 93.1 Å². The molecule has 0 saturated heterocycles. The predicted molar refractivity (Wildman–Crippen MR) is 60.3 cm³/mol. The third-order valence-electron chi connectivity index (χ3n) is 2.18. The number of hydrogen-bond donors (Lipinski definition) is 0. The maximum atomic E-state index is 11.9. The number of aromatic nitrogens is 1. The van der Waals surface area contributed by atoms with Crippen molar-refractivity contribution in [3.05, 3.63) is 58.9 Å². The Morgan fingerprint density at radius 2 is 2.07 bits per heavy atom. The van der Waals surface area contributed by atoms with Crippen molar-refractivity contribution in [3.8, 4) is 0 Å². The lowest BCUT2D eigenvalue weighted by molar-refractivity contribution is 0.103. The minimum absolute atomic E-state index is 0.00176. The zero-order valence-corrected chi connectivity index (χ0v) is 9.03. The number of nitrogens with zero attached hydrogens (tertiary/aromatic N) is 1. The molecule has 0 aliphatic heterocycles. The second-order valence-corrected chi connectivity index (χ2v) is 3.84. The summed E-state index contributed by atoms with van der Waals surface area (Å²) in [5, 5.41) is 0.580. The van der Waals surface area contributed by atoms with Gasteiger partial charge in [0.25, 0.3) is 0 Å². The van der Waals surface area contributed by atoms with Crippen molar-refractivity contribution in [3.63, 3.8) is 0 Å². The Bertz CT molecular complexity index is 502. The van der Waals surface area contributed by atoms with Crippen molar-refractivity contribution in [1.29, 1.82) is 0 Å². The molecule has 0 N–H and O–H groups in total. The summed E-state index contributed by atoms with van der Waals surface area (Å²) < 4.78 is 1.85. The van der Waals surface area contributed by atoms with E-state index in [9.17, 15) is 4.79 Å². The summed E-state index contributed by atoms with van der Waals surface area (Å²) in [5.41, 5.74) is 1.30. The minimum atomic E-state index is -0.00176. The van der Waals surface area contributed by atoms with Crippen molar-refractivity contribution in [2.75, 3.05) is 0 Å². The Morgan fingerprint density at radius 3 is 2.67 bits per heavy atom. The molecule has 76 valence electrons. The minimum Gasteiger partial charge on any atom is -0.357 e. The van der Waals surface area contributed by atoms with E-state index in [4.69, 9.17) is 11.6 Å². The number of rotatable bonds is 2. The molecule has 0 saturated carbocycles. The maximum Gasteiger partial charge on any atom is 0.194 e. The van der Waals surface area contributed by atoms with Crippen LogP contribution in [-0.2, 0) is 7.05 Å². The summed E-state index contributed by atoms with van der Waals surface area (Å²) >= 11 is 5.82. The number of carbonyl (C=O) groups is 1. The molecule has 2 rings (SSSR count). The topological polar surface area (TPSA) is 22.0 Å². The van der Waals surface area contributed by atoms with Gasteiger partial charge in [-0.05, 0) is 18.2 Å². The molecule has 1 aromatic carbocycles. The molecule has 2 aromatic rings. The van der Waals surface area contributed by atoms with Crippen molar-refractivity contribution < 1.29 is 4.79 Å². The normalized spacial score (nSPS) is 10.3. The lowest BCUT2D eigenvalue weighted by atomic mass is 10.1. The molecule has 0 radical (unpaired) electrons. The van der Waals surface area contributed by atoms with Gasteiger partial charge in [-0.25, -0.2) is 0 Å². The second-order valence-electron chi connectivity index (χ2n) is 3.41. The summed E-state index contributed by atoms with van der Waals surface area (Å²) in [7, 11) is 1.88. The highest BCUT2D eigenvalue weighted by atomic mass is 35.5. The van der Waals surface area contributed by atoms with E-state index in [0.29, 0.717) is 16.1 Å². The van der Waals surface area contributed by atoms with Crippen LogP contribution in [0.1, 0.15) is 15.9 Å². The van der Waals surface area contributed by atoms with E-state index in [0.717, 1.165) is 0 Å². The summed E-state index contributed by atoms with van der Waals surface area (Å²) in [5.74, 6) is -0.00176. The third kappa shape index (κ3) is 2.10. The van der Waals surface area contributed by atoms with Gasteiger partial charge in [-0.3, -0.25) is 4.79 Å². The van der Waals surface area contributed by atoms with Crippen LogP contribution in [0.4, 0.5) is 0 Å². The number of hydrogen-bond acceptors (Lipinski definition) is 1. The number of aryl methyl sites for hydroxylation is 1. The molecule has 0 aliphatic carbocycles. The molecule has 1 aromatic heterocycles. The molecule has 3 heteroatoms. The van der Waals surface area contributed by atoms with Gasteiger partial charge in [0.2, 0.25) is 0 Å². The van der Waals surface area contributed by atoms with Crippen LogP contribution in [-0.4, -0.2) is 10.4 Å². The van der Waals surface area contributed by atoms with Crippen molar-refractivity contribution >= 4 is 17.4 Å². The third-order valence-corrected chi connectivity index (χ3v) is 2.42. The quantitative estimate of drug-likeness (QED) is 0.712. The molecule has 0 fully saturated rings. The number of carbonyl (C=O) groups excluding carboxylic acids is 1. The zero-order chi connectivity index (χ0) is 10.8. The molecular weight excluding hydrogens is 210 g/mol. The van der Waals surface area contributed by atoms with Crippen LogP contribution in [0.5, 0.6) is 0 Å². The van der Waals surface area contributed by atoms with Crippen molar-refractivity contribution in [2.24, 2.45) is 7.05 Å². The Morgan fingerprint density at radius 1 is 1.27 bits per heavy atom. The van der Waals surface area contributed by atoms with E-state index >= 15 is 0 Å². The number of halogens is 1. The first-order valence-electron chi connectivity index (χ1n) is 4.59. The number of benzene rings is 1. The molecule has 2 nitrogen and oxygen atoms in total. The molecule has 0 bridgehead atoms. The van der Waals surface area contributed by atoms with Crippen LogP contribution in [0.3, 0.4) is 0 Å². The maximum absolute atomic E-state index is 11.9. The summed E-state index contributed by atoms with van der Waals surface area (Å²) in [4.78, 5) is 11.9. The van der Waals surface area contributed by atoms with Crippen molar-refractivity contribution in [2.45, 2.75) is 0 Å².